The minimum atomic E-state index is -0.568. The lowest BCUT2D eigenvalue weighted by Gasteiger charge is -2.10. The first-order valence-corrected chi connectivity index (χ1v) is 14.0. The number of hydrogen-bond acceptors (Lipinski definition) is 7. The van der Waals surface area contributed by atoms with Crippen molar-refractivity contribution >= 4 is 56.5 Å². The predicted octanol–water partition coefficient (Wildman–Crippen LogP) is 7.26. The molecule has 1 aromatic heterocycles. The highest BCUT2D eigenvalue weighted by Crippen LogP contribution is 2.43. The zero-order chi connectivity index (χ0) is 30.5. The third-order valence-electron chi connectivity index (χ3n) is 6.53. The first-order chi connectivity index (χ1) is 20.8. The smallest absolute Gasteiger partial charge is 0.343 e. The first kappa shape index (κ1) is 29.7. The van der Waals surface area contributed by atoms with E-state index in [0.29, 0.717) is 50.0 Å². The van der Waals surface area contributed by atoms with Crippen molar-refractivity contribution in [2.24, 2.45) is 5.10 Å². The normalized spacial score (nSPS) is 11.0. The Kier molecular flexibility index (Phi) is 8.98. The van der Waals surface area contributed by atoms with E-state index in [1.807, 2.05) is 24.3 Å². The number of nitrogens with one attached hydrogen (secondary N) is 2. The lowest BCUT2D eigenvalue weighted by molar-refractivity contribution is 0.0729. The van der Waals surface area contributed by atoms with Gasteiger partial charge >= 0.3 is 5.97 Å². The molecule has 218 valence electrons. The lowest BCUT2D eigenvalue weighted by atomic mass is 10.0. The number of carbonyl (C=O) groups excluding carboxylic acids is 2. The molecule has 43 heavy (non-hydrogen) atoms. The third kappa shape index (κ3) is 6.20. The van der Waals surface area contributed by atoms with Gasteiger partial charge in [-0.2, -0.15) is 5.10 Å². The maximum absolute atomic E-state index is 13.5. The van der Waals surface area contributed by atoms with Crippen molar-refractivity contribution in [3.8, 4) is 34.1 Å². The van der Waals surface area contributed by atoms with Crippen LogP contribution >= 0.6 is 27.5 Å². The van der Waals surface area contributed by atoms with E-state index in [1.165, 1.54) is 20.4 Å². The zero-order valence-corrected chi connectivity index (χ0v) is 25.6. The van der Waals surface area contributed by atoms with E-state index in [4.69, 9.17) is 30.5 Å². The highest BCUT2D eigenvalue weighted by atomic mass is 79.9. The minimum absolute atomic E-state index is 0.221. The van der Waals surface area contributed by atoms with Gasteiger partial charge in [0.05, 0.1) is 38.6 Å². The van der Waals surface area contributed by atoms with Gasteiger partial charge in [-0.25, -0.2) is 10.2 Å². The van der Waals surface area contributed by atoms with Gasteiger partial charge in [-0.15, -0.1) is 0 Å². The van der Waals surface area contributed by atoms with Crippen molar-refractivity contribution in [3.63, 3.8) is 0 Å². The van der Waals surface area contributed by atoms with Gasteiger partial charge in [-0.3, -0.25) is 4.79 Å². The third-order valence-corrected chi connectivity index (χ3v) is 7.52. The fourth-order valence-electron chi connectivity index (χ4n) is 4.49. The molecule has 2 N–H and O–H groups in total. The average molecular weight is 663 g/mol. The summed E-state index contributed by atoms with van der Waals surface area (Å²) < 4.78 is 22.4. The van der Waals surface area contributed by atoms with E-state index in [2.05, 4.69) is 31.4 Å². The van der Waals surface area contributed by atoms with E-state index in [-0.39, 0.29) is 11.4 Å². The average Bonchev–Trinajstić information content (AvgIpc) is 3.43. The summed E-state index contributed by atoms with van der Waals surface area (Å²) in [7, 11) is 4.53. The molecule has 9 nitrogen and oxygen atoms in total. The molecule has 0 saturated carbocycles. The molecular weight excluding hydrogens is 638 g/mol. The van der Waals surface area contributed by atoms with E-state index in [1.54, 1.807) is 61.7 Å². The number of halogens is 2. The van der Waals surface area contributed by atoms with Gasteiger partial charge in [0, 0.05) is 26.0 Å². The second kappa shape index (κ2) is 13.0. The quantitative estimate of drug-likeness (QED) is 0.0744. The van der Waals surface area contributed by atoms with Crippen molar-refractivity contribution < 1.29 is 28.5 Å². The minimum Gasteiger partial charge on any atom is -0.497 e. The number of rotatable bonds is 9. The molecule has 5 rings (SSSR count). The van der Waals surface area contributed by atoms with Gasteiger partial charge in [0.1, 0.15) is 17.2 Å². The molecule has 4 aromatic carbocycles. The molecular formula is C32H25BrClN3O6. The fraction of sp³-hybridized carbons (Fsp3) is 0.0938. The Hall–Kier alpha value is -4.80. The molecule has 0 aliphatic heterocycles. The number of fused-ring (bicyclic) bond motifs is 1. The van der Waals surface area contributed by atoms with Gasteiger partial charge in [0.25, 0.3) is 5.91 Å². The van der Waals surface area contributed by atoms with Crippen LogP contribution < -0.4 is 24.4 Å². The van der Waals surface area contributed by atoms with E-state index < -0.39 is 11.9 Å². The largest absolute Gasteiger partial charge is 0.497 e. The predicted molar refractivity (Wildman–Crippen MR) is 169 cm³/mol. The number of hydrazone groups is 1. The molecule has 0 saturated heterocycles. The number of hydrogen-bond donors (Lipinski definition) is 2. The van der Waals surface area contributed by atoms with Crippen LogP contribution in [-0.4, -0.2) is 44.4 Å². The molecule has 0 aliphatic rings. The summed E-state index contributed by atoms with van der Waals surface area (Å²) in [5, 5.41) is 5.37. The second-order valence-electron chi connectivity index (χ2n) is 9.09. The first-order valence-electron chi connectivity index (χ1n) is 12.8. The lowest BCUT2D eigenvalue weighted by Crippen LogP contribution is -2.19. The van der Waals surface area contributed by atoms with Crippen molar-refractivity contribution in [3.05, 3.63) is 105 Å². The molecule has 0 spiro atoms. The van der Waals surface area contributed by atoms with Gasteiger partial charge in [0.15, 0.2) is 11.5 Å². The van der Waals surface area contributed by atoms with Crippen LogP contribution in [0.1, 0.15) is 26.4 Å². The number of esters is 1. The summed E-state index contributed by atoms with van der Waals surface area (Å²) in [5.41, 5.74) is 5.64. The van der Waals surface area contributed by atoms with Crippen LogP contribution in [0, 0.1) is 0 Å². The monoisotopic (exact) mass is 661 g/mol. The topological polar surface area (TPSA) is 111 Å². The molecule has 11 heteroatoms. The fourth-order valence-corrected chi connectivity index (χ4v) is 5.25. The molecule has 0 unspecified atom stereocenters. The van der Waals surface area contributed by atoms with Crippen LogP contribution in [0.3, 0.4) is 0 Å². The maximum Gasteiger partial charge on any atom is 0.343 e. The molecule has 0 fully saturated rings. The standard InChI is InChI=1S/C32H25BrClN3O6/c1-40-20-8-6-7-19(16-20)32(39)43-24-13-11-18(15-26(24)42-3)17-35-37-31(38)30-27(21-9-4-5-10-23(21)34)28-22(33)12-14-25(41-2)29(28)36-30/h4-17,36H,1-3H3,(H,37,38). The van der Waals surface area contributed by atoms with Crippen LogP contribution in [0.2, 0.25) is 5.02 Å². The number of aromatic nitrogens is 1. The zero-order valence-electron chi connectivity index (χ0n) is 23.2. The van der Waals surface area contributed by atoms with Crippen molar-refractivity contribution in [1.29, 1.82) is 0 Å². The molecule has 1 amide bonds. The van der Waals surface area contributed by atoms with Crippen LogP contribution in [-0.2, 0) is 0 Å². The summed E-state index contributed by atoms with van der Waals surface area (Å²) in [6, 6.07) is 22.4. The number of H-pyrrole nitrogens is 1. The molecule has 0 bridgehead atoms. The Labute approximate surface area is 260 Å². The van der Waals surface area contributed by atoms with Crippen LogP contribution in [0.15, 0.2) is 88.4 Å². The maximum atomic E-state index is 13.5. The summed E-state index contributed by atoms with van der Waals surface area (Å²) in [6.07, 6.45) is 1.45. The summed E-state index contributed by atoms with van der Waals surface area (Å²) in [6.45, 7) is 0. The van der Waals surface area contributed by atoms with Crippen LogP contribution in [0.25, 0.3) is 22.0 Å². The Morgan fingerprint density at radius 3 is 2.40 bits per heavy atom. The number of ether oxygens (including phenoxy) is 4. The van der Waals surface area contributed by atoms with Crippen LogP contribution in [0.4, 0.5) is 0 Å². The van der Waals surface area contributed by atoms with Crippen molar-refractivity contribution in [2.45, 2.75) is 0 Å². The number of aromatic amines is 1. The second-order valence-corrected chi connectivity index (χ2v) is 10.3. The molecule has 1 heterocycles. The Morgan fingerprint density at radius 1 is 0.884 bits per heavy atom. The van der Waals surface area contributed by atoms with Gasteiger partial charge in [-0.05, 0) is 60.2 Å². The van der Waals surface area contributed by atoms with Gasteiger partial charge in [0.2, 0.25) is 0 Å². The molecule has 5 aromatic rings. The summed E-state index contributed by atoms with van der Waals surface area (Å²) in [5.74, 6) is 0.564. The molecule has 0 atom stereocenters. The van der Waals surface area contributed by atoms with Crippen molar-refractivity contribution in [2.75, 3.05) is 21.3 Å². The summed E-state index contributed by atoms with van der Waals surface area (Å²) >= 11 is 10.2. The number of benzene rings is 4. The molecule has 0 radical (unpaired) electrons. The van der Waals surface area contributed by atoms with Crippen molar-refractivity contribution in [1.82, 2.24) is 10.4 Å². The Morgan fingerprint density at radius 2 is 1.65 bits per heavy atom. The highest BCUT2D eigenvalue weighted by Gasteiger charge is 2.24. The van der Waals surface area contributed by atoms with Gasteiger partial charge in [-0.1, -0.05) is 51.8 Å². The number of methoxy groups -OCH3 is 3. The number of amides is 1. The van der Waals surface area contributed by atoms with Crippen LogP contribution in [0.5, 0.6) is 23.0 Å². The van der Waals surface area contributed by atoms with E-state index >= 15 is 0 Å². The Bertz CT molecular complexity index is 1870. The number of carbonyl (C=O) groups is 2. The Balaban J connectivity index is 1.40. The van der Waals surface area contributed by atoms with E-state index in [0.717, 1.165) is 9.86 Å². The number of nitrogens with zero attached hydrogens (tertiary/aromatic N) is 1. The highest BCUT2D eigenvalue weighted by molar-refractivity contribution is 9.10. The SMILES string of the molecule is COc1cccc(C(=O)Oc2ccc(C=NNC(=O)c3[nH]c4c(OC)ccc(Br)c4c3-c3ccccc3Cl)cc2OC)c1. The molecule has 0 aliphatic carbocycles. The van der Waals surface area contributed by atoms with Gasteiger partial charge < -0.3 is 23.9 Å². The summed E-state index contributed by atoms with van der Waals surface area (Å²) in [4.78, 5) is 29.3. The van der Waals surface area contributed by atoms with E-state index in [9.17, 15) is 9.59 Å².